The van der Waals surface area contributed by atoms with E-state index in [1.807, 2.05) is 86.0 Å². The predicted octanol–water partition coefficient (Wildman–Crippen LogP) is 4.58. The highest BCUT2D eigenvalue weighted by atomic mass is 16.5. The number of tetrazole rings is 1. The number of rotatable bonds is 11. The molecule has 0 radical (unpaired) electrons. The Morgan fingerprint density at radius 2 is 1.08 bits per heavy atom. The maximum Gasteiger partial charge on any atom is 0.322 e. The Labute approximate surface area is 421 Å². The molecule has 2 atom stereocenters. The number of methoxy groups -OCH3 is 2. The first-order valence-corrected chi connectivity index (χ1v) is 23.3. The summed E-state index contributed by atoms with van der Waals surface area (Å²) in [4.78, 5) is 86.0. The van der Waals surface area contributed by atoms with Crippen molar-refractivity contribution in [2.24, 2.45) is 14.1 Å². The van der Waals surface area contributed by atoms with Gasteiger partial charge in [-0.15, -0.1) is 10.2 Å². The number of nitrogens with one attached hydrogen (secondary N) is 4. The van der Waals surface area contributed by atoms with Gasteiger partial charge < -0.3 is 29.9 Å². The first-order valence-electron chi connectivity index (χ1n) is 23.3. The van der Waals surface area contributed by atoms with Crippen molar-refractivity contribution in [2.75, 3.05) is 27.3 Å². The molecule has 2 saturated heterocycles. The van der Waals surface area contributed by atoms with Crippen LogP contribution in [-0.4, -0.2) is 108 Å². The number of imide groups is 2. The third kappa shape index (κ3) is 8.24. The summed E-state index contributed by atoms with van der Waals surface area (Å²) in [5.41, 5.74) is 6.21. The van der Waals surface area contributed by atoms with Gasteiger partial charge in [-0.2, -0.15) is 9.90 Å². The van der Waals surface area contributed by atoms with Crippen molar-refractivity contribution in [3.05, 3.63) is 161 Å². The Hall–Kier alpha value is -9.79. The lowest BCUT2D eigenvalue weighted by molar-refractivity contribution is -0.125. The molecule has 74 heavy (non-hydrogen) atoms. The van der Waals surface area contributed by atoms with Crippen molar-refractivity contribution < 1.29 is 38.2 Å². The van der Waals surface area contributed by atoms with E-state index >= 15 is 0 Å². The zero-order valence-electron chi connectivity index (χ0n) is 40.2. The van der Waals surface area contributed by atoms with Gasteiger partial charge in [-0.1, -0.05) is 72.8 Å². The lowest BCUT2D eigenvalue weighted by atomic mass is 9.88. The summed E-state index contributed by atoms with van der Waals surface area (Å²) >= 11 is 0. The molecule has 12 rings (SSSR count). The zero-order chi connectivity index (χ0) is 51.5. The fourth-order valence-electron chi connectivity index (χ4n) is 9.89. The number of hydrogen-bond donors (Lipinski definition) is 4. The predicted molar refractivity (Wildman–Crippen MR) is 266 cm³/mol. The Morgan fingerprint density at radius 3 is 1.57 bits per heavy atom. The monoisotopic (exact) mass is 991 g/mol. The number of urea groups is 2. The van der Waals surface area contributed by atoms with Gasteiger partial charge in [0, 0.05) is 66.4 Å². The maximum atomic E-state index is 13.2. The smallest absolute Gasteiger partial charge is 0.322 e. The van der Waals surface area contributed by atoms with Gasteiger partial charge in [-0.05, 0) is 80.6 Å². The van der Waals surface area contributed by atoms with Crippen molar-refractivity contribution >= 4 is 46.6 Å². The lowest BCUT2D eigenvalue weighted by Gasteiger charge is -2.31. The molecule has 3 aromatic heterocycles. The Balaban J connectivity index is 0.000000159. The molecule has 0 bridgehead atoms. The average Bonchev–Trinajstić information content (AvgIpc) is 4.26. The Bertz CT molecular complexity index is 3630. The third-order valence-corrected chi connectivity index (χ3v) is 13.7. The largest absolute Gasteiger partial charge is 0.497 e. The molecule has 370 valence electrons. The number of nitrogens with zero attached hydrogens (tertiary/aromatic N) is 9. The fourth-order valence-corrected chi connectivity index (χ4v) is 9.89. The number of aryl methyl sites for hydroxylation is 2. The van der Waals surface area contributed by atoms with E-state index in [4.69, 9.17) is 9.47 Å². The summed E-state index contributed by atoms with van der Waals surface area (Å²) in [6, 6.07) is 32.1. The molecular formula is C53H45N13O8. The number of aromatic nitrogens is 7. The molecule has 4 aliphatic heterocycles. The molecule has 4 N–H and O–H groups in total. The van der Waals surface area contributed by atoms with Gasteiger partial charge in [0.15, 0.2) is 11.1 Å². The molecule has 21 nitrogen and oxygen atoms in total. The SMILES string of the molecule is COc1ccc2c(c1)C(=O)N(C[C@@]1(c3ccc(-c4ccc5cn(C)nc5c4)cc3)NC(=O)NC1=O)C2.COc1ccc2c(c1)C(=O)N(C[C@@]1(c3ccc(-c4cncc(-c5nnn(C)n5)c4)cc3)NC(=O)NC1=O)C2. The topological polar surface area (TPSA) is 250 Å². The van der Waals surface area contributed by atoms with Crippen LogP contribution in [-0.2, 0) is 47.9 Å². The molecule has 4 aliphatic rings. The van der Waals surface area contributed by atoms with Crippen LogP contribution in [0.25, 0.3) is 44.5 Å². The van der Waals surface area contributed by atoms with Crippen LogP contribution in [0.1, 0.15) is 43.0 Å². The quantitative estimate of drug-likeness (QED) is 0.130. The number of amides is 8. The molecule has 8 amide bonds. The molecule has 8 aromatic rings. The molecule has 7 heterocycles. The van der Waals surface area contributed by atoms with E-state index in [1.165, 1.54) is 11.9 Å². The summed E-state index contributed by atoms with van der Waals surface area (Å²) in [7, 11) is 6.65. The first-order chi connectivity index (χ1) is 35.7. The second kappa shape index (κ2) is 18.1. The number of carbonyl (C=O) groups excluding carboxylic acids is 6. The van der Waals surface area contributed by atoms with Gasteiger partial charge in [0.25, 0.3) is 23.6 Å². The van der Waals surface area contributed by atoms with Crippen molar-refractivity contribution in [1.29, 1.82) is 0 Å². The van der Waals surface area contributed by atoms with Crippen molar-refractivity contribution in [1.82, 2.24) is 66.0 Å². The van der Waals surface area contributed by atoms with Crippen LogP contribution < -0.4 is 30.7 Å². The van der Waals surface area contributed by atoms with Gasteiger partial charge in [-0.3, -0.25) is 39.5 Å². The summed E-state index contributed by atoms with van der Waals surface area (Å²) in [5.74, 6) is 0.166. The molecule has 0 unspecified atom stereocenters. The third-order valence-electron chi connectivity index (χ3n) is 13.7. The molecule has 0 saturated carbocycles. The minimum Gasteiger partial charge on any atom is -0.497 e. The van der Waals surface area contributed by atoms with Gasteiger partial charge >= 0.3 is 12.1 Å². The molecule has 5 aromatic carbocycles. The summed E-state index contributed by atoms with van der Waals surface area (Å²) in [5, 5.41) is 27.9. The summed E-state index contributed by atoms with van der Waals surface area (Å²) in [6.07, 6.45) is 5.33. The van der Waals surface area contributed by atoms with E-state index in [-0.39, 0.29) is 24.9 Å². The number of ether oxygens (including phenoxy) is 2. The van der Waals surface area contributed by atoms with Crippen LogP contribution in [0, 0.1) is 0 Å². The normalized spacial score (nSPS) is 18.6. The van der Waals surface area contributed by atoms with Crippen LogP contribution in [0.4, 0.5) is 9.59 Å². The number of hydrogen-bond acceptors (Lipinski definition) is 13. The average molecular weight is 992 g/mol. The highest BCUT2D eigenvalue weighted by Gasteiger charge is 2.52. The number of benzene rings is 5. The molecular weight excluding hydrogens is 947 g/mol. The van der Waals surface area contributed by atoms with E-state index in [0.717, 1.165) is 44.3 Å². The minimum atomic E-state index is -1.44. The van der Waals surface area contributed by atoms with E-state index in [2.05, 4.69) is 46.8 Å². The minimum absolute atomic E-state index is 0.000354. The summed E-state index contributed by atoms with van der Waals surface area (Å²) < 4.78 is 12.3. The first kappa shape index (κ1) is 46.6. The van der Waals surface area contributed by atoms with Gasteiger partial charge in [-0.25, -0.2) is 9.59 Å². The van der Waals surface area contributed by atoms with Crippen LogP contribution in [0.2, 0.25) is 0 Å². The van der Waals surface area contributed by atoms with E-state index < -0.39 is 35.0 Å². The van der Waals surface area contributed by atoms with Crippen LogP contribution in [0.15, 0.2) is 128 Å². The van der Waals surface area contributed by atoms with Gasteiger partial charge in [0.2, 0.25) is 5.82 Å². The van der Waals surface area contributed by atoms with Crippen molar-refractivity contribution in [3.8, 4) is 45.1 Å². The second-order valence-electron chi connectivity index (χ2n) is 18.3. The zero-order valence-corrected chi connectivity index (χ0v) is 40.2. The van der Waals surface area contributed by atoms with E-state index in [9.17, 15) is 28.8 Å². The number of carbonyl (C=O) groups is 6. The van der Waals surface area contributed by atoms with Crippen molar-refractivity contribution in [3.63, 3.8) is 0 Å². The lowest BCUT2D eigenvalue weighted by Crippen LogP contribution is -2.52. The molecule has 21 heteroatoms. The molecule has 0 spiro atoms. The standard InChI is InChI=1S/C27H23N5O4.C26H22N8O4/c1-31-13-19-4-3-17(11-23(19)30-31)16-5-8-20(9-6-16)27(25(34)28-26(35)29-27)15-32-14-18-7-10-21(36-2)12-22(18)24(32)33;1-33-31-22(30-32-33)18-9-17(11-27-12-18)15-3-6-19(7-4-15)26(24(36)28-25(37)29-26)14-34-13-16-5-8-20(38-2)10-21(16)23(34)35/h3-13H,14-15H2,1-2H3,(H2,28,29,34,35);3-12H,13-14H2,1-2H3,(H2,28,29,36,37)/t27-;26-/m00/s1. The second-order valence-corrected chi connectivity index (χ2v) is 18.3. The number of fused-ring (bicyclic) bond motifs is 3. The Kier molecular flexibility index (Phi) is 11.4. The number of pyridine rings is 1. The van der Waals surface area contributed by atoms with Crippen LogP contribution in [0.3, 0.4) is 0 Å². The van der Waals surface area contributed by atoms with E-state index in [0.29, 0.717) is 58.2 Å². The Morgan fingerprint density at radius 1 is 0.568 bits per heavy atom. The van der Waals surface area contributed by atoms with Gasteiger partial charge in [0.05, 0.1) is 39.9 Å². The van der Waals surface area contributed by atoms with Gasteiger partial charge in [0.1, 0.15) is 11.5 Å². The van der Waals surface area contributed by atoms with Crippen LogP contribution >= 0.6 is 0 Å². The highest BCUT2D eigenvalue weighted by Crippen LogP contribution is 2.36. The maximum absolute atomic E-state index is 13.2. The van der Waals surface area contributed by atoms with E-state index in [1.54, 1.807) is 77.4 Å². The fraction of sp³-hybridized carbons (Fsp3) is 0.189. The van der Waals surface area contributed by atoms with Crippen molar-refractivity contribution in [2.45, 2.75) is 24.2 Å². The van der Waals surface area contributed by atoms with Crippen LogP contribution in [0.5, 0.6) is 11.5 Å². The summed E-state index contributed by atoms with van der Waals surface area (Å²) in [6.45, 7) is 0.621. The highest BCUT2D eigenvalue weighted by molar-refractivity contribution is 6.09. The molecule has 0 aliphatic carbocycles. The molecule has 2 fully saturated rings.